The summed E-state index contributed by atoms with van der Waals surface area (Å²) < 4.78 is 16.0. The number of amides is 1. The van der Waals surface area contributed by atoms with Crippen LogP contribution < -0.4 is 10.9 Å². The Morgan fingerprint density at radius 2 is 1.97 bits per heavy atom. The molecule has 0 fully saturated rings. The number of nitro benzene ring substituents is 1. The zero-order chi connectivity index (χ0) is 21.3. The standard InChI is InChI=1S/C19H13FN6O4/c20-15-7-6-12(8-16(15)26(29)30)23-17(27)10-24-11-21-18-14(19(24)28)9-22-25(18)13-4-2-1-3-5-13/h1-9,11H,10H2,(H,23,27). The van der Waals surface area contributed by atoms with E-state index in [0.717, 1.165) is 22.4 Å². The highest BCUT2D eigenvalue weighted by Gasteiger charge is 2.17. The molecule has 0 atom stereocenters. The second-order valence-electron chi connectivity index (χ2n) is 6.28. The first-order valence-electron chi connectivity index (χ1n) is 8.66. The number of hydrogen-bond donors (Lipinski definition) is 1. The van der Waals surface area contributed by atoms with Gasteiger partial charge in [-0.25, -0.2) is 9.67 Å². The number of anilines is 1. The quantitative estimate of drug-likeness (QED) is 0.399. The maximum atomic E-state index is 13.4. The molecule has 0 aliphatic rings. The average Bonchev–Trinajstić information content (AvgIpc) is 3.17. The number of aromatic nitrogens is 4. The molecule has 1 N–H and O–H groups in total. The van der Waals surface area contributed by atoms with Crippen molar-refractivity contribution in [2.45, 2.75) is 6.54 Å². The fourth-order valence-electron chi connectivity index (χ4n) is 2.90. The minimum Gasteiger partial charge on any atom is -0.324 e. The van der Waals surface area contributed by atoms with Crippen molar-refractivity contribution in [3.8, 4) is 5.69 Å². The van der Waals surface area contributed by atoms with Crippen LogP contribution in [0.25, 0.3) is 16.7 Å². The lowest BCUT2D eigenvalue weighted by molar-refractivity contribution is -0.387. The molecule has 10 nitrogen and oxygen atoms in total. The van der Waals surface area contributed by atoms with E-state index in [1.54, 1.807) is 0 Å². The van der Waals surface area contributed by atoms with Crippen LogP contribution in [0, 0.1) is 15.9 Å². The van der Waals surface area contributed by atoms with Gasteiger partial charge in [0.1, 0.15) is 18.3 Å². The third-order valence-corrected chi connectivity index (χ3v) is 4.30. The van der Waals surface area contributed by atoms with Crippen molar-refractivity contribution in [3.63, 3.8) is 0 Å². The molecular formula is C19H13FN6O4. The van der Waals surface area contributed by atoms with E-state index in [9.17, 15) is 24.1 Å². The van der Waals surface area contributed by atoms with Gasteiger partial charge in [-0.2, -0.15) is 9.49 Å². The lowest BCUT2D eigenvalue weighted by atomic mass is 10.2. The van der Waals surface area contributed by atoms with Crippen molar-refractivity contribution in [2.75, 3.05) is 5.32 Å². The minimum absolute atomic E-state index is 0.0343. The van der Waals surface area contributed by atoms with E-state index in [1.807, 2.05) is 30.3 Å². The second kappa shape index (κ2) is 7.54. The average molecular weight is 408 g/mol. The topological polar surface area (TPSA) is 125 Å². The summed E-state index contributed by atoms with van der Waals surface area (Å²) in [5, 5.41) is 17.6. The van der Waals surface area contributed by atoms with Gasteiger partial charge in [0, 0.05) is 11.8 Å². The van der Waals surface area contributed by atoms with E-state index in [0.29, 0.717) is 5.65 Å². The molecule has 0 spiro atoms. The maximum absolute atomic E-state index is 13.4. The molecule has 150 valence electrons. The molecule has 0 aliphatic heterocycles. The molecule has 2 aromatic carbocycles. The Morgan fingerprint density at radius 3 is 2.70 bits per heavy atom. The highest BCUT2D eigenvalue weighted by atomic mass is 19.1. The van der Waals surface area contributed by atoms with Crippen LogP contribution in [0.2, 0.25) is 0 Å². The van der Waals surface area contributed by atoms with Gasteiger partial charge in [-0.15, -0.1) is 0 Å². The maximum Gasteiger partial charge on any atom is 0.306 e. The van der Waals surface area contributed by atoms with Gasteiger partial charge in [-0.05, 0) is 24.3 Å². The molecule has 0 unspecified atom stereocenters. The Labute approximate surface area is 167 Å². The molecule has 2 heterocycles. The normalized spacial score (nSPS) is 10.8. The fraction of sp³-hybridized carbons (Fsp3) is 0.0526. The lowest BCUT2D eigenvalue weighted by Crippen LogP contribution is -2.27. The summed E-state index contributed by atoms with van der Waals surface area (Å²) in [6.07, 6.45) is 2.59. The van der Waals surface area contributed by atoms with Crippen molar-refractivity contribution in [2.24, 2.45) is 0 Å². The predicted molar refractivity (Wildman–Crippen MR) is 105 cm³/mol. The van der Waals surface area contributed by atoms with Crippen molar-refractivity contribution < 1.29 is 14.1 Å². The van der Waals surface area contributed by atoms with E-state index in [2.05, 4.69) is 15.4 Å². The molecule has 30 heavy (non-hydrogen) atoms. The Kier molecular flexibility index (Phi) is 4.76. The van der Waals surface area contributed by atoms with E-state index in [-0.39, 0.29) is 17.6 Å². The highest BCUT2D eigenvalue weighted by molar-refractivity contribution is 5.91. The summed E-state index contributed by atoms with van der Waals surface area (Å²) in [7, 11) is 0. The zero-order valence-electron chi connectivity index (χ0n) is 15.2. The Balaban J connectivity index is 1.58. The number of benzene rings is 2. The van der Waals surface area contributed by atoms with Gasteiger partial charge < -0.3 is 5.32 Å². The molecule has 0 bridgehead atoms. The van der Waals surface area contributed by atoms with E-state index in [4.69, 9.17) is 0 Å². The van der Waals surface area contributed by atoms with Crippen LogP contribution in [0.1, 0.15) is 0 Å². The van der Waals surface area contributed by atoms with Crippen LogP contribution in [-0.4, -0.2) is 30.2 Å². The number of nitrogens with one attached hydrogen (secondary N) is 1. The van der Waals surface area contributed by atoms with Crippen LogP contribution in [0.5, 0.6) is 0 Å². The number of para-hydroxylation sites is 1. The van der Waals surface area contributed by atoms with Crippen LogP contribution in [0.4, 0.5) is 15.8 Å². The number of hydrogen-bond acceptors (Lipinski definition) is 6. The first-order valence-corrected chi connectivity index (χ1v) is 8.66. The van der Waals surface area contributed by atoms with Crippen LogP contribution in [0.3, 0.4) is 0 Å². The summed E-state index contributed by atoms with van der Waals surface area (Å²) >= 11 is 0. The van der Waals surface area contributed by atoms with Crippen LogP contribution in [-0.2, 0) is 11.3 Å². The lowest BCUT2D eigenvalue weighted by Gasteiger charge is -2.08. The second-order valence-corrected chi connectivity index (χ2v) is 6.28. The van der Waals surface area contributed by atoms with Crippen LogP contribution in [0.15, 0.2) is 65.8 Å². The smallest absolute Gasteiger partial charge is 0.306 e. The van der Waals surface area contributed by atoms with Gasteiger partial charge in [0.05, 0.1) is 16.8 Å². The van der Waals surface area contributed by atoms with Gasteiger partial charge in [0.2, 0.25) is 11.7 Å². The van der Waals surface area contributed by atoms with Crippen molar-refractivity contribution in [1.82, 2.24) is 19.3 Å². The molecule has 0 saturated carbocycles. The number of halogens is 1. The van der Waals surface area contributed by atoms with Gasteiger partial charge in [-0.1, -0.05) is 18.2 Å². The van der Waals surface area contributed by atoms with Gasteiger partial charge in [0.15, 0.2) is 5.65 Å². The van der Waals surface area contributed by atoms with E-state index in [1.165, 1.54) is 23.3 Å². The van der Waals surface area contributed by atoms with Crippen molar-refractivity contribution >= 4 is 28.3 Å². The SMILES string of the molecule is O=C(Cn1cnc2c(cnn2-c2ccccc2)c1=O)Nc1ccc(F)c([N+](=O)[O-])c1. The Hall–Kier alpha value is -4.41. The highest BCUT2D eigenvalue weighted by Crippen LogP contribution is 2.21. The number of nitro groups is 1. The Bertz CT molecular complexity index is 1330. The minimum atomic E-state index is -1.01. The third kappa shape index (κ3) is 3.51. The number of rotatable bonds is 5. The number of carbonyl (C=O) groups excluding carboxylic acids is 1. The van der Waals surface area contributed by atoms with Crippen molar-refractivity contribution in [3.05, 3.63) is 87.3 Å². The molecule has 4 aromatic rings. The first-order chi connectivity index (χ1) is 14.4. The number of nitrogens with zero attached hydrogens (tertiary/aromatic N) is 5. The molecular weight excluding hydrogens is 395 g/mol. The van der Waals surface area contributed by atoms with Gasteiger partial charge in [-0.3, -0.25) is 24.3 Å². The predicted octanol–water partition coefficient (Wildman–Crippen LogP) is 2.27. The van der Waals surface area contributed by atoms with E-state index >= 15 is 0 Å². The Morgan fingerprint density at radius 1 is 1.20 bits per heavy atom. The summed E-state index contributed by atoms with van der Waals surface area (Å²) in [4.78, 5) is 39.1. The summed E-state index contributed by atoms with van der Waals surface area (Å²) in [6, 6.07) is 12.1. The molecule has 0 aliphatic carbocycles. The van der Waals surface area contributed by atoms with Gasteiger partial charge in [0.25, 0.3) is 5.56 Å². The molecule has 0 radical (unpaired) electrons. The largest absolute Gasteiger partial charge is 0.324 e. The summed E-state index contributed by atoms with van der Waals surface area (Å²) in [6.45, 7) is -0.385. The molecule has 1 amide bonds. The molecule has 0 saturated heterocycles. The number of fused-ring (bicyclic) bond motifs is 1. The van der Waals surface area contributed by atoms with Gasteiger partial charge >= 0.3 is 5.69 Å². The molecule has 4 rings (SSSR count). The summed E-state index contributed by atoms with van der Waals surface area (Å²) in [5.41, 5.74) is -0.124. The third-order valence-electron chi connectivity index (χ3n) is 4.30. The molecule has 11 heteroatoms. The fourth-order valence-corrected chi connectivity index (χ4v) is 2.90. The number of carbonyl (C=O) groups is 1. The van der Waals surface area contributed by atoms with E-state index < -0.39 is 27.9 Å². The van der Waals surface area contributed by atoms with Crippen LogP contribution >= 0.6 is 0 Å². The monoisotopic (exact) mass is 408 g/mol. The molecule has 2 aromatic heterocycles. The first kappa shape index (κ1) is 18.9. The van der Waals surface area contributed by atoms with Crippen molar-refractivity contribution in [1.29, 1.82) is 0 Å². The zero-order valence-corrected chi connectivity index (χ0v) is 15.2. The summed E-state index contributed by atoms with van der Waals surface area (Å²) in [5.74, 6) is -1.64.